The SMILES string of the molecule is CCNC(=O)CN(C)C(=O)c1ccc(Br)cc1F. The van der Waals surface area contributed by atoms with Crippen LogP contribution in [-0.2, 0) is 4.79 Å². The Labute approximate surface area is 113 Å². The van der Waals surface area contributed by atoms with E-state index in [-0.39, 0.29) is 18.0 Å². The molecule has 4 nitrogen and oxygen atoms in total. The summed E-state index contributed by atoms with van der Waals surface area (Å²) in [6.45, 7) is 2.18. The molecule has 0 bridgehead atoms. The van der Waals surface area contributed by atoms with E-state index in [1.165, 1.54) is 24.1 Å². The molecular weight excluding hydrogens is 303 g/mol. The number of halogens is 2. The second-order valence-electron chi connectivity index (χ2n) is 3.74. The van der Waals surface area contributed by atoms with Gasteiger partial charge in [0.25, 0.3) is 5.91 Å². The van der Waals surface area contributed by atoms with Crippen molar-refractivity contribution in [1.82, 2.24) is 10.2 Å². The summed E-state index contributed by atoms with van der Waals surface area (Å²) in [5.74, 6) is -1.41. The Morgan fingerprint density at radius 2 is 2.11 bits per heavy atom. The Bertz CT molecular complexity index is 465. The monoisotopic (exact) mass is 316 g/mol. The lowest BCUT2D eigenvalue weighted by Crippen LogP contribution is -2.38. The molecule has 1 aromatic rings. The van der Waals surface area contributed by atoms with E-state index in [4.69, 9.17) is 0 Å². The molecule has 0 radical (unpaired) electrons. The van der Waals surface area contributed by atoms with E-state index < -0.39 is 11.7 Å². The number of hydrogen-bond donors (Lipinski definition) is 1. The summed E-state index contributed by atoms with van der Waals surface area (Å²) in [5.41, 5.74) is -0.0509. The summed E-state index contributed by atoms with van der Waals surface area (Å²) in [4.78, 5) is 24.4. The first-order valence-electron chi connectivity index (χ1n) is 5.43. The standard InChI is InChI=1S/C12H14BrFN2O2/c1-3-15-11(17)7-16(2)12(18)9-5-4-8(13)6-10(9)14/h4-6H,3,7H2,1-2H3,(H,15,17). The van der Waals surface area contributed by atoms with Gasteiger partial charge in [0.05, 0.1) is 12.1 Å². The molecule has 1 rings (SSSR count). The number of nitrogens with zero attached hydrogens (tertiary/aromatic N) is 1. The first-order chi connectivity index (χ1) is 8.45. The van der Waals surface area contributed by atoms with Crippen LogP contribution < -0.4 is 5.32 Å². The molecule has 0 aliphatic rings. The fourth-order valence-corrected chi connectivity index (χ4v) is 1.74. The van der Waals surface area contributed by atoms with Gasteiger partial charge in [-0.05, 0) is 25.1 Å². The Morgan fingerprint density at radius 1 is 1.44 bits per heavy atom. The molecule has 2 amide bonds. The van der Waals surface area contributed by atoms with Crippen LogP contribution in [0.4, 0.5) is 4.39 Å². The van der Waals surface area contributed by atoms with Crippen LogP contribution in [0.25, 0.3) is 0 Å². The minimum absolute atomic E-state index is 0.0509. The molecule has 0 unspecified atom stereocenters. The minimum atomic E-state index is -0.614. The zero-order valence-electron chi connectivity index (χ0n) is 10.2. The number of rotatable bonds is 4. The first kappa shape index (κ1) is 14.6. The highest BCUT2D eigenvalue weighted by atomic mass is 79.9. The van der Waals surface area contributed by atoms with Crippen molar-refractivity contribution < 1.29 is 14.0 Å². The third-order valence-electron chi connectivity index (χ3n) is 2.26. The average Bonchev–Trinajstić information content (AvgIpc) is 2.28. The topological polar surface area (TPSA) is 49.4 Å². The molecule has 0 aliphatic heterocycles. The van der Waals surface area contributed by atoms with Crippen LogP contribution >= 0.6 is 15.9 Å². The van der Waals surface area contributed by atoms with E-state index in [2.05, 4.69) is 21.2 Å². The van der Waals surface area contributed by atoms with Gasteiger partial charge < -0.3 is 10.2 Å². The molecule has 1 aromatic carbocycles. The second kappa shape index (κ2) is 6.49. The van der Waals surface area contributed by atoms with Crippen molar-refractivity contribution in [2.45, 2.75) is 6.92 Å². The summed E-state index contributed by atoms with van der Waals surface area (Å²) < 4.78 is 14.1. The number of carbonyl (C=O) groups is 2. The van der Waals surface area contributed by atoms with Gasteiger partial charge in [-0.2, -0.15) is 0 Å². The van der Waals surface area contributed by atoms with Gasteiger partial charge in [-0.15, -0.1) is 0 Å². The lowest BCUT2D eigenvalue weighted by atomic mass is 10.2. The van der Waals surface area contributed by atoms with Gasteiger partial charge in [-0.3, -0.25) is 9.59 Å². The second-order valence-corrected chi connectivity index (χ2v) is 4.65. The fraction of sp³-hybridized carbons (Fsp3) is 0.333. The normalized spacial score (nSPS) is 10.0. The maximum Gasteiger partial charge on any atom is 0.257 e. The number of benzene rings is 1. The quantitative estimate of drug-likeness (QED) is 0.920. The Kier molecular flexibility index (Phi) is 5.27. The fourth-order valence-electron chi connectivity index (χ4n) is 1.41. The molecule has 0 aromatic heterocycles. The zero-order chi connectivity index (χ0) is 13.7. The van der Waals surface area contributed by atoms with Gasteiger partial charge in [0, 0.05) is 18.1 Å². The Hall–Kier alpha value is -1.43. The number of carbonyl (C=O) groups excluding carboxylic acids is 2. The van der Waals surface area contributed by atoms with Crippen molar-refractivity contribution in [3.05, 3.63) is 34.1 Å². The summed E-state index contributed by atoms with van der Waals surface area (Å²) in [7, 11) is 1.46. The van der Waals surface area contributed by atoms with Crippen LogP contribution in [0.1, 0.15) is 17.3 Å². The van der Waals surface area contributed by atoms with Crippen LogP contribution in [0.15, 0.2) is 22.7 Å². The van der Waals surface area contributed by atoms with Crippen molar-refractivity contribution in [2.75, 3.05) is 20.1 Å². The minimum Gasteiger partial charge on any atom is -0.355 e. The highest BCUT2D eigenvalue weighted by Gasteiger charge is 2.18. The van der Waals surface area contributed by atoms with Crippen LogP contribution in [0.5, 0.6) is 0 Å². The molecule has 1 N–H and O–H groups in total. The zero-order valence-corrected chi connectivity index (χ0v) is 11.8. The molecule has 98 valence electrons. The molecule has 0 fully saturated rings. The van der Waals surface area contributed by atoms with Gasteiger partial charge >= 0.3 is 0 Å². The predicted molar refractivity (Wildman–Crippen MR) is 69.7 cm³/mol. The van der Waals surface area contributed by atoms with Crippen molar-refractivity contribution in [2.24, 2.45) is 0 Å². The lowest BCUT2D eigenvalue weighted by Gasteiger charge is -2.16. The predicted octanol–water partition coefficient (Wildman–Crippen LogP) is 1.80. The number of amides is 2. The van der Waals surface area contributed by atoms with E-state index in [1.807, 2.05) is 0 Å². The number of nitrogens with one attached hydrogen (secondary N) is 1. The maximum absolute atomic E-state index is 13.6. The van der Waals surface area contributed by atoms with E-state index in [0.29, 0.717) is 11.0 Å². The number of likely N-dealkylation sites (N-methyl/N-ethyl adjacent to an activating group) is 2. The van der Waals surface area contributed by atoms with E-state index >= 15 is 0 Å². The van der Waals surface area contributed by atoms with Crippen molar-refractivity contribution >= 4 is 27.7 Å². The molecule has 6 heteroatoms. The molecular formula is C12H14BrFN2O2. The third kappa shape index (κ3) is 3.80. The largest absolute Gasteiger partial charge is 0.355 e. The van der Waals surface area contributed by atoms with Crippen molar-refractivity contribution in [1.29, 1.82) is 0 Å². The summed E-state index contributed by atoms with van der Waals surface area (Å²) in [6, 6.07) is 4.18. The van der Waals surface area contributed by atoms with Gasteiger partial charge in [0.1, 0.15) is 5.82 Å². The third-order valence-corrected chi connectivity index (χ3v) is 2.76. The van der Waals surface area contributed by atoms with Crippen LogP contribution in [0.3, 0.4) is 0 Å². The van der Waals surface area contributed by atoms with Crippen molar-refractivity contribution in [3.8, 4) is 0 Å². The van der Waals surface area contributed by atoms with Crippen LogP contribution in [0.2, 0.25) is 0 Å². The highest BCUT2D eigenvalue weighted by Crippen LogP contribution is 2.16. The van der Waals surface area contributed by atoms with Crippen molar-refractivity contribution in [3.63, 3.8) is 0 Å². The Balaban J connectivity index is 2.77. The smallest absolute Gasteiger partial charge is 0.257 e. The van der Waals surface area contributed by atoms with Crippen LogP contribution in [0, 0.1) is 5.82 Å². The molecule has 18 heavy (non-hydrogen) atoms. The van der Waals surface area contributed by atoms with E-state index in [1.54, 1.807) is 13.0 Å². The number of hydrogen-bond acceptors (Lipinski definition) is 2. The summed E-state index contributed by atoms with van der Waals surface area (Å²) in [6.07, 6.45) is 0. The van der Waals surface area contributed by atoms with Gasteiger partial charge in [0.15, 0.2) is 0 Å². The van der Waals surface area contributed by atoms with Gasteiger partial charge in [-0.25, -0.2) is 4.39 Å². The molecule has 0 atom stereocenters. The van der Waals surface area contributed by atoms with Gasteiger partial charge in [0.2, 0.25) is 5.91 Å². The summed E-state index contributed by atoms with van der Waals surface area (Å²) >= 11 is 3.11. The Morgan fingerprint density at radius 3 is 2.67 bits per heavy atom. The van der Waals surface area contributed by atoms with E-state index in [0.717, 1.165) is 0 Å². The lowest BCUT2D eigenvalue weighted by molar-refractivity contribution is -0.121. The molecule has 0 saturated heterocycles. The van der Waals surface area contributed by atoms with E-state index in [9.17, 15) is 14.0 Å². The van der Waals surface area contributed by atoms with Crippen LogP contribution in [-0.4, -0.2) is 36.9 Å². The average molecular weight is 317 g/mol. The molecule has 0 aliphatic carbocycles. The first-order valence-corrected chi connectivity index (χ1v) is 6.22. The molecule has 0 saturated carbocycles. The summed E-state index contributed by atoms with van der Waals surface area (Å²) in [5, 5.41) is 2.57. The maximum atomic E-state index is 13.6. The van der Waals surface area contributed by atoms with Gasteiger partial charge in [-0.1, -0.05) is 15.9 Å². The molecule has 0 spiro atoms. The molecule has 0 heterocycles. The highest BCUT2D eigenvalue weighted by molar-refractivity contribution is 9.10.